The summed E-state index contributed by atoms with van der Waals surface area (Å²) in [5, 5.41) is 3.98. The van der Waals surface area contributed by atoms with Crippen molar-refractivity contribution >= 4 is 23.3 Å². The quantitative estimate of drug-likeness (QED) is 0.833. The number of carbonyl (C=O) groups excluding carboxylic acids is 1. The molecule has 4 rings (SSSR count). The third kappa shape index (κ3) is 2.54. The van der Waals surface area contributed by atoms with Crippen molar-refractivity contribution in [2.45, 2.75) is 50.6 Å². The highest BCUT2D eigenvalue weighted by molar-refractivity contribution is 5.91. The Morgan fingerprint density at radius 2 is 2.12 bits per heavy atom. The highest BCUT2D eigenvalue weighted by atomic mass is 19.3. The van der Waals surface area contributed by atoms with Gasteiger partial charge in [0.25, 0.3) is 5.92 Å². The second-order valence-corrected chi connectivity index (χ2v) is 7.20. The lowest BCUT2D eigenvalue weighted by molar-refractivity contribution is -0.121. The molecule has 1 amide bonds. The van der Waals surface area contributed by atoms with Crippen molar-refractivity contribution in [2.75, 3.05) is 11.9 Å². The number of piperidine rings is 1. The van der Waals surface area contributed by atoms with E-state index >= 15 is 0 Å². The zero-order chi connectivity index (χ0) is 17.8. The summed E-state index contributed by atoms with van der Waals surface area (Å²) in [4.78, 5) is 24.4. The number of nitrogens with zero attached hydrogens (tertiary/aromatic N) is 3. The van der Waals surface area contributed by atoms with Crippen LogP contribution in [0.25, 0.3) is 11.0 Å². The molecule has 6 nitrogen and oxygen atoms in total. The second kappa shape index (κ2) is 5.64. The Balaban J connectivity index is 1.64. The summed E-state index contributed by atoms with van der Waals surface area (Å²) in [6.45, 7) is 4.16. The number of hydrogen-bond acceptors (Lipinski definition) is 4. The fraction of sp³-hybridized carbons (Fsp3) is 0.588. The number of aromatic nitrogens is 3. The van der Waals surface area contributed by atoms with Crippen molar-refractivity contribution < 1.29 is 13.6 Å². The first kappa shape index (κ1) is 16.2. The third-order valence-electron chi connectivity index (χ3n) is 5.65. The first-order valence-corrected chi connectivity index (χ1v) is 8.60. The van der Waals surface area contributed by atoms with Crippen molar-refractivity contribution in [3.05, 3.63) is 18.1 Å². The van der Waals surface area contributed by atoms with Gasteiger partial charge in [-0.05, 0) is 25.3 Å². The van der Waals surface area contributed by atoms with Crippen LogP contribution in [-0.4, -0.2) is 50.8 Å². The van der Waals surface area contributed by atoms with Crippen LogP contribution in [0.3, 0.4) is 0 Å². The van der Waals surface area contributed by atoms with Crippen molar-refractivity contribution in [2.24, 2.45) is 5.92 Å². The number of fused-ring (bicyclic) bond motifs is 1. The molecule has 1 aliphatic heterocycles. The van der Waals surface area contributed by atoms with Gasteiger partial charge in [-0.1, -0.05) is 6.92 Å². The summed E-state index contributed by atoms with van der Waals surface area (Å²) in [6, 6.07) is 0.258. The molecule has 25 heavy (non-hydrogen) atoms. The minimum atomic E-state index is -2.68. The number of alkyl halides is 2. The second-order valence-electron chi connectivity index (χ2n) is 7.20. The molecule has 2 N–H and O–H groups in total. The number of halogens is 2. The van der Waals surface area contributed by atoms with E-state index in [1.54, 1.807) is 18.0 Å². The fourth-order valence-corrected chi connectivity index (χ4v) is 3.89. The lowest BCUT2D eigenvalue weighted by atomic mass is 10.00. The molecule has 8 heteroatoms. The topological polar surface area (TPSA) is 73.9 Å². The van der Waals surface area contributed by atoms with Crippen LogP contribution in [-0.2, 0) is 4.79 Å². The maximum absolute atomic E-state index is 13.9. The average Bonchev–Trinajstić information content (AvgIpc) is 2.93. The molecular formula is C17H21F2N5O. The van der Waals surface area contributed by atoms with Gasteiger partial charge in [0.05, 0.1) is 11.3 Å². The standard InChI is InChI=1S/C17H21F2N5O/c1-9-3-4-11(6-24(9)8-25)23-16-13-12(14-10(2)17(14,18)19)5-20-15(13)21-7-22-16/h5,7-11,14H,3-4,6H2,1-2H3,(H2,20,21,22,23). The summed E-state index contributed by atoms with van der Waals surface area (Å²) in [5.41, 5.74) is 1.12. The van der Waals surface area contributed by atoms with Crippen molar-refractivity contribution in [3.63, 3.8) is 0 Å². The highest BCUT2D eigenvalue weighted by Gasteiger charge is 2.66. The number of aromatic amines is 1. The maximum atomic E-state index is 13.9. The molecule has 1 saturated carbocycles. The Morgan fingerprint density at radius 3 is 2.80 bits per heavy atom. The van der Waals surface area contributed by atoms with Gasteiger partial charge in [0.2, 0.25) is 6.41 Å². The molecule has 3 heterocycles. The number of rotatable bonds is 4. The summed E-state index contributed by atoms with van der Waals surface area (Å²) < 4.78 is 27.8. The third-order valence-corrected chi connectivity index (χ3v) is 5.65. The number of H-pyrrole nitrogens is 1. The molecule has 4 unspecified atom stereocenters. The van der Waals surface area contributed by atoms with Gasteiger partial charge in [-0.25, -0.2) is 18.7 Å². The molecule has 0 bridgehead atoms. The molecule has 1 aliphatic carbocycles. The van der Waals surface area contributed by atoms with Gasteiger partial charge in [0.1, 0.15) is 17.8 Å². The number of carbonyl (C=O) groups is 1. The Hall–Kier alpha value is -2.25. The predicted molar refractivity (Wildman–Crippen MR) is 89.6 cm³/mol. The molecule has 2 fully saturated rings. The van der Waals surface area contributed by atoms with Crippen molar-refractivity contribution in [1.82, 2.24) is 19.9 Å². The van der Waals surface area contributed by atoms with Gasteiger partial charge in [0.15, 0.2) is 0 Å². The minimum absolute atomic E-state index is 0.0411. The van der Waals surface area contributed by atoms with Crippen LogP contribution in [0.4, 0.5) is 14.6 Å². The number of likely N-dealkylation sites (tertiary alicyclic amines) is 1. The van der Waals surface area contributed by atoms with Gasteiger partial charge >= 0.3 is 0 Å². The normalized spacial score (nSPS) is 31.1. The van der Waals surface area contributed by atoms with Crippen LogP contribution < -0.4 is 5.32 Å². The molecule has 2 aromatic rings. The number of nitrogens with one attached hydrogen (secondary N) is 2. The van der Waals surface area contributed by atoms with Crippen LogP contribution in [0.2, 0.25) is 0 Å². The molecule has 0 aromatic carbocycles. The van der Waals surface area contributed by atoms with Gasteiger partial charge < -0.3 is 15.2 Å². The van der Waals surface area contributed by atoms with Crippen molar-refractivity contribution in [1.29, 1.82) is 0 Å². The molecule has 0 radical (unpaired) electrons. The van der Waals surface area contributed by atoms with E-state index in [0.29, 0.717) is 29.0 Å². The van der Waals surface area contributed by atoms with Crippen LogP contribution in [0.15, 0.2) is 12.5 Å². The summed E-state index contributed by atoms with van der Waals surface area (Å²) >= 11 is 0. The van der Waals surface area contributed by atoms with Crippen molar-refractivity contribution in [3.8, 4) is 0 Å². The van der Waals surface area contributed by atoms with E-state index in [9.17, 15) is 13.6 Å². The van der Waals surface area contributed by atoms with E-state index in [4.69, 9.17) is 0 Å². The molecular weight excluding hydrogens is 328 g/mol. The lowest BCUT2D eigenvalue weighted by Crippen LogP contribution is -2.46. The summed E-state index contributed by atoms with van der Waals surface area (Å²) in [6.07, 6.45) is 5.69. The zero-order valence-electron chi connectivity index (χ0n) is 14.2. The van der Waals surface area contributed by atoms with E-state index in [1.807, 2.05) is 6.92 Å². The number of anilines is 1. The van der Waals surface area contributed by atoms with E-state index in [-0.39, 0.29) is 12.1 Å². The van der Waals surface area contributed by atoms with Crippen LogP contribution >= 0.6 is 0 Å². The number of amides is 1. The largest absolute Gasteiger partial charge is 0.365 e. The lowest BCUT2D eigenvalue weighted by Gasteiger charge is -2.36. The van der Waals surface area contributed by atoms with Gasteiger partial charge in [-0.2, -0.15) is 0 Å². The smallest absolute Gasteiger partial charge is 0.258 e. The molecule has 4 atom stereocenters. The molecule has 0 spiro atoms. The first-order chi connectivity index (χ1) is 11.9. The molecule has 1 saturated heterocycles. The van der Waals surface area contributed by atoms with Gasteiger partial charge in [-0.3, -0.25) is 4.79 Å². The average molecular weight is 349 g/mol. The number of hydrogen-bond donors (Lipinski definition) is 2. The van der Waals surface area contributed by atoms with E-state index < -0.39 is 17.8 Å². The Bertz CT molecular complexity index is 807. The monoisotopic (exact) mass is 349 g/mol. The molecule has 2 aliphatic rings. The molecule has 134 valence electrons. The summed E-state index contributed by atoms with van der Waals surface area (Å²) in [5.74, 6) is -3.61. The van der Waals surface area contributed by atoms with Gasteiger partial charge in [0, 0.05) is 30.7 Å². The van der Waals surface area contributed by atoms with Crippen LogP contribution in [0, 0.1) is 5.92 Å². The Labute approximate surface area is 144 Å². The van der Waals surface area contributed by atoms with Crippen LogP contribution in [0.1, 0.15) is 38.2 Å². The van der Waals surface area contributed by atoms with Crippen LogP contribution in [0.5, 0.6) is 0 Å². The van der Waals surface area contributed by atoms with Gasteiger partial charge in [-0.15, -0.1) is 0 Å². The molecule has 2 aromatic heterocycles. The first-order valence-electron chi connectivity index (χ1n) is 8.60. The Morgan fingerprint density at radius 1 is 1.36 bits per heavy atom. The fourth-order valence-electron chi connectivity index (χ4n) is 3.89. The van der Waals surface area contributed by atoms with E-state index in [0.717, 1.165) is 19.3 Å². The minimum Gasteiger partial charge on any atom is -0.365 e. The summed E-state index contributed by atoms with van der Waals surface area (Å²) in [7, 11) is 0. The zero-order valence-corrected chi connectivity index (χ0v) is 14.2. The predicted octanol–water partition coefficient (Wildman–Crippen LogP) is 2.75. The maximum Gasteiger partial charge on any atom is 0.258 e. The SMILES string of the molecule is CC1CCC(Nc2ncnc3[nH]cc(C4C(C)C4(F)F)c23)CN1C=O. The highest BCUT2D eigenvalue weighted by Crippen LogP contribution is 2.62. The van der Waals surface area contributed by atoms with E-state index in [1.165, 1.54) is 6.33 Å². The Kier molecular flexibility index (Phi) is 3.66. The van der Waals surface area contributed by atoms with E-state index in [2.05, 4.69) is 20.3 Å².